The number of nitrogens with one attached hydrogen (secondary N) is 1. The maximum absolute atomic E-state index is 14.0. The number of rotatable bonds is 8. The number of aromatic nitrogens is 4. The molecule has 7 nitrogen and oxygen atoms in total. The van der Waals surface area contributed by atoms with Crippen molar-refractivity contribution in [1.82, 2.24) is 19.7 Å². The highest BCUT2D eigenvalue weighted by Crippen LogP contribution is 2.31. The van der Waals surface area contributed by atoms with Crippen molar-refractivity contribution in [2.45, 2.75) is 38.6 Å². The fourth-order valence-electron chi connectivity index (χ4n) is 3.03. The summed E-state index contributed by atoms with van der Waals surface area (Å²) < 4.78 is 59.0. The van der Waals surface area contributed by atoms with Gasteiger partial charge < -0.3 is 9.84 Å². The molecule has 3 rings (SSSR count). The Bertz CT molecular complexity index is 1060. The maximum Gasteiger partial charge on any atom is 0.416 e. The van der Waals surface area contributed by atoms with Gasteiger partial charge in [0.1, 0.15) is 23.8 Å². The van der Waals surface area contributed by atoms with Crippen LogP contribution in [0.25, 0.3) is 11.0 Å². The average molecular weight is 428 g/mol. The van der Waals surface area contributed by atoms with Gasteiger partial charge in [0, 0.05) is 6.61 Å². The van der Waals surface area contributed by atoms with Crippen molar-refractivity contribution < 1.29 is 27.4 Å². The third-order valence-corrected chi connectivity index (χ3v) is 4.57. The van der Waals surface area contributed by atoms with Gasteiger partial charge in [-0.05, 0) is 24.1 Å². The van der Waals surface area contributed by atoms with E-state index in [4.69, 9.17) is 4.74 Å². The second-order valence-corrected chi connectivity index (χ2v) is 6.68. The Morgan fingerprint density at radius 1 is 1.27 bits per heavy atom. The molecule has 0 radical (unpaired) electrons. The molecule has 0 saturated heterocycles. The van der Waals surface area contributed by atoms with Crippen LogP contribution in [0.3, 0.4) is 0 Å². The summed E-state index contributed by atoms with van der Waals surface area (Å²) in [5.74, 6) is 0. The molecule has 2 N–H and O–H groups in total. The number of nitrogens with zero attached hydrogens (tertiary/aromatic N) is 3. The molecule has 0 saturated carbocycles. The van der Waals surface area contributed by atoms with Gasteiger partial charge in [0.2, 0.25) is 0 Å². The largest absolute Gasteiger partial charge is 0.480 e. The Morgan fingerprint density at radius 3 is 2.57 bits per heavy atom. The normalized spacial score (nSPS) is 13.1. The van der Waals surface area contributed by atoms with Gasteiger partial charge in [0.05, 0.1) is 12.2 Å². The molecule has 0 amide bonds. The van der Waals surface area contributed by atoms with Gasteiger partial charge in [-0.25, -0.2) is 9.07 Å². The van der Waals surface area contributed by atoms with Gasteiger partial charge in [-0.15, -0.1) is 0 Å². The van der Waals surface area contributed by atoms with Crippen LogP contribution in [0.5, 0.6) is 6.01 Å². The van der Waals surface area contributed by atoms with Crippen molar-refractivity contribution in [2.75, 3.05) is 13.3 Å². The van der Waals surface area contributed by atoms with E-state index in [1.165, 1.54) is 0 Å². The summed E-state index contributed by atoms with van der Waals surface area (Å²) in [5.41, 5.74) is -1.24. The molecular formula is C19H20F4N4O3. The predicted octanol–water partition coefficient (Wildman–Crippen LogP) is 3.72. The summed E-state index contributed by atoms with van der Waals surface area (Å²) in [6, 6.07) is 2.15. The minimum Gasteiger partial charge on any atom is -0.480 e. The number of H-pyrrole nitrogens is 1. The highest BCUT2D eigenvalue weighted by Gasteiger charge is 2.31. The average Bonchev–Trinajstić information content (AvgIpc) is 3.04. The summed E-state index contributed by atoms with van der Waals surface area (Å²) >= 11 is 0. The molecule has 0 aliphatic rings. The van der Waals surface area contributed by atoms with Crippen molar-refractivity contribution >= 4 is 11.0 Å². The van der Waals surface area contributed by atoms with Crippen LogP contribution in [-0.2, 0) is 17.5 Å². The maximum atomic E-state index is 14.0. The zero-order valence-electron chi connectivity index (χ0n) is 16.0. The number of unbranched alkanes of at least 4 members (excludes halogenated alkanes) is 1. The Balaban J connectivity index is 2.05. The van der Waals surface area contributed by atoms with Crippen molar-refractivity contribution in [2.24, 2.45) is 0 Å². The molecule has 0 aliphatic heterocycles. The molecular weight excluding hydrogens is 408 g/mol. The smallest absolute Gasteiger partial charge is 0.416 e. The summed E-state index contributed by atoms with van der Waals surface area (Å²) in [6.07, 6.45) is -2.82. The van der Waals surface area contributed by atoms with Crippen LogP contribution < -0.4 is 5.56 Å². The first-order valence-corrected chi connectivity index (χ1v) is 9.27. The highest BCUT2D eigenvalue weighted by molar-refractivity contribution is 5.77. The van der Waals surface area contributed by atoms with Gasteiger partial charge in [-0.3, -0.25) is 9.78 Å². The number of aromatic hydroxyl groups is 1. The lowest BCUT2D eigenvalue weighted by molar-refractivity contribution is -0.137. The van der Waals surface area contributed by atoms with E-state index in [0.29, 0.717) is 6.61 Å². The molecule has 1 atom stereocenters. The van der Waals surface area contributed by atoms with Crippen LogP contribution in [0.2, 0.25) is 0 Å². The fraction of sp³-hybridized carbons (Fsp3) is 0.421. The molecule has 0 bridgehead atoms. The molecule has 1 aromatic carbocycles. The van der Waals surface area contributed by atoms with Crippen LogP contribution >= 0.6 is 0 Å². The number of aromatic amines is 1. The zero-order valence-corrected chi connectivity index (χ0v) is 16.0. The van der Waals surface area contributed by atoms with Gasteiger partial charge >= 0.3 is 6.18 Å². The first-order chi connectivity index (χ1) is 14.3. The standard InChI is InChI=1S/C19H20F4N4O3/c1-2-3-8-30-10-13-15-16(24-18(29)25-17(15)28)27(26-13)14(9-20)11-4-6-12(7-5-11)19(21,22)23/h4-7,14H,2-3,8-10H2,1H3,(H2,24,25,28,29). The van der Waals surface area contributed by atoms with Crippen molar-refractivity contribution in [1.29, 1.82) is 0 Å². The summed E-state index contributed by atoms with van der Waals surface area (Å²) in [4.78, 5) is 18.3. The van der Waals surface area contributed by atoms with Gasteiger partial charge in [0.15, 0.2) is 5.65 Å². The molecule has 0 aliphatic carbocycles. The highest BCUT2D eigenvalue weighted by atomic mass is 19.4. The van der Waals surface area contributed by atoms with Crippen LogP contribution in [-0.4, -0.2) is 38.1 Å². The number of halogens is 4. The lowest BCUT2D eigenvalue weighted by Crippen LogP contribution is -2.16. The van der Waals surface area contributed by atoms with E-state index in [2.05, 4.69) is 15.1 Å². The Morgan fingerprint density at radius 2 is 1.97 bits per heavy atom. The van der Waals surface area contributed by atoms with E-state index in [9.17, 15) is 27.5 Å². The molecule has 3 aromatic rings. The van der Waals surface area contributed by atoms with Crippen LogP contribution in [0.4, 0.5) is 17.6 Å². The first-order valence-electron chi connectivity index (χ1n) is 9.27. The summed E-state index contributed by atoms with van der Waals surface area (Å²) in [5, 5.41) is 14.0. The van der Waals surface area contributed by atoms with Gasteiger partial charge in [0.25, 0.3) is 11.6 Å². The van der Waals surface area contributed by atoms with Crippen molar-refractivity contribution in [3.63, 3.8) is 0 Å². The monoisotopic (exact) mass is 428 g/mol. The quantitative estimate of drug-likeness (QED) is 0.421. The van der Waals surface area contributed by atoms with E-state index in [0.717, 1.165) is 41.8 Å². The Hall–Kier alpha value is -2.95. The molecule has 2 heterocycles. The third kappa shape index (κ3) is 4.45. The Kier molecular flexibility index (Phi) is 6.40. The van der Waals surface area contributed by atoms with E-state index in [1.807, 2.05) is 6.92 Å². The van der Waals surface area contributed by atoms with Crippen LogP contribution in [0, 0.1) is 0 Å². The molecule has 162 valence electrons. The number of fused-ring (bicyclic) bond motifs is 1. The molecule has 1 unspecified atom stereocenters. The van der Waals surface area contributed by atoms with E-state index in [-0.39, 0.29) is 28.9 Å². The van der Waals surface area contributed by atoms with E-state index >= 15 is 0 Å². The van der Waals surface area contributed by atoms with E-state index < -0.39 is 36.0 Å². The molecule has 11 heteroatoms. The topological polar surface area (TPSA) is 93.0 Å². The summed E-state index contributed by atoms with van der Waals surface area (Å²) in [6.45, 7) is 1.36. The Labute approximate surface area is 168 Å². The van der Waals surface area contributed by atoms with Gasteiger partial charge in [-0.1, -0.05) is 25.5 Å². The van der Waals surface area contributed by atoms with Crippen LogP contribution in [0.15, 0.2) is 29.1 Å². The number of alkyl halides is 4. The van der Waals surface area contributed by atoms with Crippen molar-refractivity contribution in [3.05, 3.63) is 51.4 Å². The fourth-order valence-corrected chi connectivity index (χ4v) is 3.03. The van der Waals surface area contributed by atoms with Crippen molar-refractivity contribution in [3.8, 4) is 6.01 Å². The molecule has 0 fully saturated rings. The molecule has 30 heavy (non-hydrogen) atoms. The minimum absolute atomic E-state index is 0.0228. The third-order valence-electron chi connectivity index (χ3n) is 4.57. The minimum atomic E-state index is -4.52. The number of hydrogen-bond donors (Lipinski definition) is 2. The second-order valence-electron chi connectivity index (χ2n) is 6.68. The number of benzene rings is 1. The molecule has 2 aromatic heterocycles. The second kappa shape index (κ2) is 8.82. The van der Waals surface area contributed by atoms with Gasteiger partial charge in [-0.2, -0.15) is 23.3 Å². The lowest BCUT2D eigenvalue weighted by atomic mass is 10.1. The van der Waals surface area contributed by atoms with Crippen LogP contribution in [0.1, 0.15) is 42.6 Å². The number of hydrogen-bond acceptors (Lipinski definition) is 5. The number of ether oxygens (including phenoxy) is 1. The summed E-state index contributed by atoms with van der Waals surface area (Å²) in [7, 11) is 0. The SMILES string of the molecule is CCCCOCc1nn(C(CF)c2ccc(C(F)(F)F)cc2)c2nc(O)[nH]c(=O)c12. The predicted molar refractivity (Wildman–Crippen MR) is 99.9 cm³/mol. The zero-order chi connectivity index (χ0) is 21.9. The lowest BCUT2D eigenvalue weighted by Gasteiger charge is -2.16. The first kappa shape index (κ1) is 21.8. The van der Waals surface area contributed by atoms with E-state index in [1.54, 1.807) is 0 Å². The molecule has 0 spiro atoms.